The summed E-state index contributed by atoms with van der Waals surface area (Å²) >= 11 is 0. The molecule has 0 aliphatic carbocycles. The van der Waals surface area contributed by atoms with Crippen LogP contribution in [0.3, 0.4) is 0 Å². The first-order chi connectivity index (χ1) is 8.45. The average Bonchev–Trinajstić information content (AvgIpc) is 2.72. The van der Waals surface area contributed by atoms with Crippen molar-refractivity contribution in [2.45, 2.75) is 39.2 Å². The molecular weight excluding hydrogens is 286 g/mol. The first kappa shape index (κ1) is 17.2. The molecule has 0 aromatic heterocycles. The Morgan fingerprint density at radius 3 is 2.26 bits per heavy atom. The molecule has 2 aliphatic rings. The SMILES string of the molecule is CC1CCN(S(=O)(=O)N2CC(CN)CC2C)CC1.Cl. The Morgan fingerprint density at radius 2 is 1.79 bits per heavy atom. The molecule has 2 heterocycles. The maximum absolute atomic E-state index is 12.6. The lowest BCUT2D eigenvalue weighted by Gasteiger charge is -2.34. The fraction of sp³-hybridized carbons (Fsp3) is 1.00. The van der Waals surface area contributed by atoms with Gasteiger partial charge in [0.05, 0.1) is 0 Å². The van der Waals surface area contributed by atoms with Gasteiger partial charge in [-0.15, -0.1) is 12.4 Å². The molecule has 0 amide bonds. The normalized spacial score (nSPS) is 31.3. The summed E-state index contributed by atoms with van der Waals surface area (Å²) in [5, 5.41) is 0. The molecule has 0 spiro atoms. The van der Waals surface area contributed by atoms with Crippen molar-refractivity contribution < 1.29 is 8.42 Å². The van der Waals surface area contributed by atoms with Crippen LogP contribution in [0.25, 0.3) is 0 Å². The monoisotopic (exact) mass is 311 g/mol. The Hall–Kier alpha value is 0.120. The standard InChI is InChI=1S/C12H25N3O2S.ClH/c1-10-3-5-14(6-4-10)18(16,17)15-9-12(8-13)7-11(15)2;/h10-12H,3-9,13H2,1-2H3;1H. The van der Waals surface area contributed by atoms with Crippen LogP contribution >= 0.6 is 12.4 Å². The summed E-state index contributed by atoms with van der Waals surface area (Å²) in [6.07, 6.45) is 2.84. The van der Waals surface area contributed by atoms with Crippen molar-refractivity contribution in [1.82, 2.24) is 8.61 Å². The molecule has 2 saturated heterocycles. The smallest absolute Gasteiger partial charge is 0.282 e. The molecule has 7 heteroatoms. The van der Waals surface area contributed by atoms with Gasteiger partial charge in [0.15, 0.2) is 0 Å². The zero-order valence-corrected chi connectivity index (χ0v) is 13.4. The highest BCUT2D eigenvalue weighted by Crippen LogP contribution is 2.29. The van der Waals surface area contributed by atoms with Gasteiger partial charge in [-0.2, -0.15) is 17.0 Å². The van der Waals surface area contributed by atoms with Crippen LogP contribution in [0.15, 0.2) is 0 Å². The quantitative estimate of drug-likeness (QED) is 0.847. The fourth-order valence-electron chi connectivity index (χ4n) is 2.97. The molecule has 0 bridgehead atoms. The predicted molar refractivity (Wildman–Crippen MR) is 79.5 cm³/mol. The molecule has 0 aromatic rings. The highest BCUT2D eigenvalue weighted by Gasteiger charge is 2.40. The Labute approximate surface area is 123 Å². The molecule has 2 N–H and O–H groups in total. The van der Waals surface area contributed by atoms with Crippen LogP contribution in [0.5, 0.6) is 0 Å². The molecule has 2 fully saturated rings. The van der Waals surface area contributed by atoms with E-state index in [0.717, 1.165) is 19.3 Å². The van der Waals surface area contributed by atoms with Crippen molar-refractivity contribution >= 4 is 22.6 Å². The maximum Gasteiger partial charge on any atom is 0.282 e. The van der Waals surface area contributed by atoms with Gasteiger partial charge in [0.1, 0.15) is 0 Å². The third-order valence-electron chi connectivity index (χ3n) is 4.30. The Balaban J connectivity index is 0.00000180. The van der Waals surface area contributed by atoms with E-state index in [2.05, 4.69) is 6.92 Å². The van der Waals surface area contributed by atoms with Gasteiger partial charge >= 0.3 is 0 Å². The zero-order chi connectivity index (χ0) is 13.3. The van der Waals surface area contributed by atoms with E-state index >= 15 is 0 Å². The first-order valence-corrected chi connectivity index (χ1v) is 8.31. The van der Waals surface area contributed by atoms with E-state index in [0.29, 0.717) is 38.0 Å². The molecule has 0 saturated carbocycles. The number of nitrogens with zero attached hydrogens (tertiary/aromatic N) is 2. The number of hydrogen-bond acceptors (Lipinski definition) is 3. The highest BCUT2D eigenvalue weighted by atomic mass is 35.5. The van der Waals surface area contributed by atoms with Crippen LogP contribution < -0.4 is 5.73 Å². The van der Waals surface area contributed by atoms with Gasteiger partial charge in [0, 0.05) is 25.7 Å². The molecule has 5 nitrogen and oxygen atoms in total. The minimum Gasteiger partial charge on any atom is -0.330 e. The van der Waals surface area contributed by atoms with Crippen molar-refractivity contribution in [2.75, 3.05) is 26.2 Å². The van der Waals surface area contributed by atoms with Crippen molar-refractivity contribution in [3.63, 3.8) is 0 Å². The van der Waals surface area contributed by atoms with E-state index in [9.17, 15) is 8.42 Å². The molecule has 2 aliphatic heterocycles. The van der Waals surface area contributed by atoms with Gasteiger partial charge in [-0.1, -0.05) is 6.92 Å². The predicted octanol–water partition coefficient (Wildman–Crippen LogP) is 1.05. The summed E-state index contributed by atoms with van der Waals surface area (Å²) < 4.78 is 28.5. The summed E-state index contributed by atoms with van der Waals surface area (Å²) in [5.74, 6) is 0.961. The van der Waals surface area contributed by atoms with Gasteiger partial charge in [0.25, 0.3) is 10.2 Å². The van der Waals surface area contributed by atoms with Crippen LogP contribution in [0.1, 0.15) is 33.1 Å². The number of nitrogens with two attached hydrogens (primary N) is 1. The number of rotatable bonds is 3. The Kier molecular flexibility index (Phi) is 6.07. The second kappa shape index (κ2) is 6.72. The van der Waals surface area contributed by atoms with E-state index in [-0.39, 0.29) is 18.4 Å². The molecule has 0 radical (unpaired) electrons. The summed E-state index contributed by atoms with van der Waals surface area (Å²) in [5.41, 5.74) is 5.66. The second-order valence-electron chi connectivity index (χ2n) is 5.85. The summed E-state index contributed by atoms with van der Waals surface area (Å²) in [4.78, 5) is 0. The minimum absolute atomic E-state index is 0. The van der Waals surface area contributed by atoms with Gasteiger partial charge in [-0.05, 0) is 44.6 Å². The second-order valence-corrected chi connectivity index (χ2v) is 7.73. The van der Waals surface area contributed by atoms with Gasteiger partial charge in [-0.25, -0.2) is 0 Å². The lowest BCUT2D eigenvalue weighted by molar-refractivity contribution is 0.262. The van der Waals surface area contributed by atoms with Gasteiger partial charge in [-0.3, -0.25) is 0 Å². The molecule has 114 valence electrons. The molecular formula is C12H26ClN3O2S. The largest absolute Gasteiger partial charge is 0.330 e. The van der Waals surface area contributed by atoms with Crippen LogP contribution in [0.4, 0.5) is 0 Å². The fourth-order valence-corrected chi connectivity index (χ4v) is 4.87. The lowest BCUT2D eigenvalue weighted by atomic mass is 10.0. The average molecular weight is 312 g/mol. The summed E-state index contributed by atoms with van der Waals surface area (Å²) in [7, 11) is -3.27. The molecule has 2 atom stereocenters. The maximum atomic E-state index is 12.6. The molecule has 2 unspecified atom stereocenters. The highest BCUT2D eigenvalue weighted by molar-refractivity contribution is 7.86. The summed E-state index contributed by atoms with van der Waals surface area (Å²) in [6, 6.07) is 0.0860. The Bertz CT molecular complexity index is 382. The van der Waals surface area contributed by atoms with E-state index in [1.165, 1.54) is 0 Å². The first-order valence-electron chi connectivity index (χ1n) is 6.92. The van der Waals surface area contributed by atoms with Crippen molar-refractivity contribution in [1.29, 1.82) is 0 Å². The number of halogens is 1. The van der Waals surface area contributed by atoms with E-state index in [1.54, 1.807) is 8.61 Å². The minimum atomic E-state index is -3.27. The zero-order valence-electron chi connectivity index (χ0n) is 11.8. The van der Waals surface area contributed by atoms with Gasteiger partial charge in [0.2, 0.25) is 0 Å². The van der Waals surface area contributed by atoms with Crippen LogP contribution in [-0.4, -0.2) is 49.2 Å². The third kappa shape index (κ3) is 3.61. The molecule has 19 heavy (non-hydrogen) atoms. The van der Waals surface area contributed by atoms with Crippen LogP contribution in [0, 0.1) is 11.8 Å². The van der Waals surface area contributed by atoms with E-state index in [1.807, 2.05) is 6.92 Å². The van der Waals surface area contributed by atoms with Crippen molar-refractivity contribution in [3.8, 4) is 0 Å². The van der Waals surface area contributed by atoms with Gasteiger partial charge < -0.3 is 5.73 Å². The number of piperidine rings is 1. The van der Waals surface area contributed by atoms with E-state index in [4.69, 9.17) is 5.73 Å². The third-order valence-corrected chi connectivity index (χ3v) is 6.42. The number of hydrogen-bond donors (Lipinski definition) is 1. The van der Waals surface area contributed by atoms with Crippen LogP contribution in [-0.2, 0) is 10.2 Å². The van der Waals surface area contributed by atoms with Crippen molar-refractivity contribution in [2.24, 2.45) is 17.6 Å². The van der Waals surface area contributed by atoms with Crippen molar-refractivity contribution in [3.05, 3.63) is 0 Å². The van der Waals surface area contributed by atoms with Crippen LogP contribution in [0.2, 0.25) is 0 Å². The Morgan fingerprint density at radius 1 is 1.21 bits per heavy atom. The lowest BCUT2D eigenvalue weighted by Crippen LogP contribution is -2.48. The van der Waals surface area contributed by atoms with E-state index < -0.39 is 10.2 Å². The molecule has 2 rings (SSSR count). The molecule has 0 aromatic carbocycles. The summed E-state index contributed by atoms with van der Waals surface area (Å²) in [6.45, 7) is 6.67. The topological polar surface area (TPSA) is 66.6 Å².